The van der Waals surface area contributed by atoms with E-state index in [1.807, 2.05) is 35.8 Å². The van der Waals surface area contributed by atoms with Crippen LogP contribution in [0.3, 0.4) is 0 Å². The Labute approximate surface area is 219 Å². The maximum atomic E-state index is 13.4. The highest BCUT2D eigenvalue weighted by Gasteiger charge is 2.18. The van der Waals surface area contributed by atoms with Crippen molar-refractivity contribution in [1.82, 2.24) is 34.7 Å². The standard InChI is InChI=1S/C27H30N8OS/c1-4-34(5-2)18(3)8-9-24(36)19-13-23(32-26(14-19)31-20-15-28-29-16-20)21-17-30-35-11-10-22(33-27(21)35)25-7-6-12-37-25/h6-7,10-18H,4-5,8-9H2,1-3H3,(H,28,29)(H,31,32)/t18-/m0/s1. The predicted octanol–water partition coefficient (Wildman–Crippen LogP) is 5.68. The Bertz CT molecular complexity index is 1470. The molecular formula is C27H30N8OS. The number of carbonyl (C=O) groups excluding carboxylic acids is 1. The minimum atomic E-state index is 0.0848. The minimum Gasteiger partial charge on any atom is -0.338 e. The number of nitrogens with zero attached hydrogens (tertiary/aromatic N) is 6. The summed E-state index contributed by atoms with van der Waals surface area (Å²) in [5.74, 6) is 0.648. The number of carbonyl (C=O) groups is 1. The summed E-state index contributed by atoms with van der Waals surface area (Å²) in [5, 5.41) is 16.6. The molecule has 0 aromatic carbocycles. The summed E-state index contributed by atoms with van der Waals surface area (Å²) in [6, 6.07) is 9.99. The molecule has 10 heteroatoms. The number of ketones is 1. The zero-order chi connectivity index (χ0) is 25.8. The van der Waals surface area contributed by atoms with E-state index in [2.05, 4.69) is 46.3 Å². The number of Topliss-reactive ketones (excluding diaryl/α,β-unsaturated/α-hetero) is 1. The Balaban J connectivity index is 1.50. The summed E-state index contributed by atoms with van der Waals surface area (Å²) >= 11 is 1.64. The lowest BCUT2D eigenvalue weighted by molar-refractivity contribution is 0.0964. The number of fused-ring (bicyclic) bond motifs is 1. The second-order valence-electron chi connectivity index (χ2n) is 8.89. The first-order valence-corrected chi connectivity index (χ1v) is 13.4. The molecule has 0 aliphatic carbocycles. The quantitative estimate of drug-likeness (QED) is 0.219. The number of hydrogen-bond acceptors (Lipinski definition) is 8. The normalized spacial score (nSPS) is 12.3. The molecule has 0 saturated carbocycles. The summed E-state index contributed by atoms with van der Waals surface area (Å²) in [4.78, 5) is 26.5. The van der Waals surface area contributed by atoms with Gasteiger partial charge >= 0.3 is 0 Å². The molecule has 9 nitrogen and oxygen atoms in total. The van der Waals surface area contributed by atoms with Crippen LogP contribution in [0.5, 0.6) is 0 Å². The summed E-state index contributed by atoms with van der Waals surface area (Å²) in [7, 11) is 0. The van der Waals surface area contributed by atoms with Gasteiger partial charge in [0.2, 0.25) is 0 Å². The fourth-order valence-electron chi connectivity index (χ4n) is 4.49. The third-order valence-electron chi connectivity index (χ3n) is 6.56. The second kappa shape index (κ2) is 11.0. The first kappa shape index (κ1) is 24.8. The molecule has 5 aromatic rings. The molecule has 5 heterocycles. The van der Waals surface area contributed by atoms with Crippen LogP contribution in [0, 0.1) is 0 Å². The van der Waals surface area contributed by atoms with Crippen molar-refractivity contribution in [2.45, 2.75) is 39.7 Å². The van der Waals surface area contributed by atoms with Crippen LogP contribution in [-0.4, -0.2) is 59.6 Å². The number of aromatic amines is 1. The number of pyridine rings is 1. The topological polar surface area (TPSA) is 104 Å². The zero-order valence-corrected chi connectivity index (χ0v) is 22.0. The van der Waals surface area contributed by atoms with Crippen LogP contribution in [0.1, 0.15) is 44.0 Å². The van der Waals surface area contributed by atoms with E-state index < -0.39 is 0 Å². The van der Waals surface area contributed by atoms with Gasteiger partial charge in [0.15, 0.2) is 11.4 Å². The van der Waals surface area contributed by atoms with Gasteiger partial charge in [-0.3, -0.25) is 9.89 Å². The summed E-state index contributed by atoms with van der Waals surface area (Å²) < 4.78 is 1.73. The van der Waals surface area contributed by atoms with E-state index in [1.165, 1.54) is 0 Å². The van der Waals surface area contributed by atoms with Crippen molar-refractivity contribution in [3.8, 4) is 21.8 Å². The molecule has 190 valence electrons. The molecular weight excluding hydrogens is 484 g/mol. The molecule has 0 saturated heterocycles. The number of anilines is 2. The van der Waals surface area contributed by atoms with Crippen molar-refractivity contribution in [2.24, 2.45) is 0 Å². The third-order valence-corrected chi connectivity index (χ3v) is 7.45. The van der Waals surface area contributed by atoms with Crippen LogP contribution in [0.2, 0.25) is 0 Å². The number of H-pyrrole nitrogens is 1. The maximum Gasteiger partial charge on any atom is 0.165 e. The van der Waals surface area contributed by atoms with E-state index in [0.29, 0.717) is 35.2 Å². The molecule has 5 rings (SSSR count). The zero-order valence-electron chi connectivity index (χ0n) is 21.2. The summed E-state index contributed by atoms with van der Waals surface area (Å²) in [6.45, 7) is 8.43. The first-order valence-electron chi connectivity index (χ1n) is 12.5. The van der Waals surface area contributed by atoms with Gasteiger partial charge in [-0.1, -0.05) is 19.9 Å². The fraction of sp³-hybridized carbons (Fsp3) is 0.296. The van der Waals surface area contributed by atoms with E-state index in [1.54, 1.807) is 40.5 Å². The summed E-state index contributed by atoms with van der Waals surface area (Å²) in [6.07, 6.45) is 8.32. The van der Waals surface area contributed by atoms with Gasteiger partial charge in [-0.05, 0) is 56.1 Å². The van der Waals surface area contributed by atoms with E-state index >= 15 is 0 Å². The predicted molar refractivity (Wildman–Crippen MR) is 147 cm³/mol. The highest BCUT2D eigenvalue weighted by Crippen LogP contribution is 2.29. The van der Waals surface area contributed by atoms with E-state index in [-0.39, 0.29) is 5.78 Å². The van der Waals surface area contributed by atoms with Crippen LogP contribution in [-0.2, 0) is 0 Å². The van der Waals surface area contributed by atoms with Gasteiger partial charge in [-0.25, -0.2) is 14.5 Å². The fourth-order valence-corrected chi connectivity index (χ4v) is 5.18. The highest BCUT2D eigenvalue weighted by atomic mass is 32.1. The van der Waals surface area contributed by atoms with Gasteiger partial charge in [-0.15, -0.1) is 11.3 Å². The lowest BCUT2D eigenvalue weighted by Crippen LogP contribution is -2.33. The Morgan fingerprint density at radius 1 is 1.16 bits per heavy atom. The average molecular weight is 515 g/mol. The third kappa shape index (κ3) is 5.45. The van der Waals surface area contributed by atoms with Gasteiger partial charge in [0.1, 0.15) is 5.82 Å². The smallest absolute Gasteiger partial charge is 0.165 e. The highest BCUT2D eigenvalue weighted by molar-refractivity contribution is 7.13. The number of aromatic nitrogens is 6. The van der Waals surface area contributed by atoms with Crippen molar-refractivity contribution in [3.63, 3.8) is 0 Å². The molecule has 5 aromatic heterocycles. The Morgan fingerprint density at radius 3 is 2.76 bits per heavy atom. The van der Waals surface area contributed by atoms with Crippen molar-refractivity contribution in [3.05, 3.63) is 66.1 Å². The second-order valence-corrected chi connectivity index (χ2v) is 9.83. The molecule has 0 unspecified atom stereocenters. The van der Waals surface area contributed by atoms with Crippen LogP contribution < -0.4 is 5.32 Å². The molecule has 2 N–H and O–H groups in total. The maximum absolute atomic E-state index is 13.4. The van der Waals surface area contributed by atoms with Crippen LogP contribution >= 0.6 is 11.3 Å². The van der Waals surface area contributed by atoms with Gasteiger partial charge < -0.3 is 10.2 Å². The summed E-state index contributed by atoms with van der Waals surface area (Å²) in [5.41, 5.74) is 4.33. The minimum absolute atomic E-state index is 0.0848. The molecule has 0 spiro atoms. The molecule has 1 atom stereocenters. The van der Waals surface area contributed by atoms with Crippen LogP contribution in [0.4, 0.5) is 11.5 Å². The molecule has 0 aliphatic heterocycles. The Morgan fingerprint density at radius 2 is 2.03 bits per heavy atom. The van der Waals surface area contributed by atoms with Crippen molar-refractivity contribution in [2.75, 3.05) is 18.4 Å². The van der Waals surface area contributed by atoms with Gasteiger partial charge in [0, 0.05) is 30.4 Å². The monoisotopic (exact) mass is 514 g/mol. The van der Waals surface area contributed by atoms with Crippen molar-refractivity contribution >= 4 is 34.3 Å². The number of nitrogens with one attached hydrogen (secondary N) is 2. The Hall–Kier alpha value is -3.89. The van der Waals surface area contributed by atoms with Gasteiger partial charge in [0.25, 0.3) is 0 Å². The lowest BCUT2D eigenvalue weighted by atomic mass is 10.0. The van der Waals surface area contributed by atoms with Crippen molar-refractivity contribution < 1.29 is 4.79 Å². The number of hydrogen-bond donors (Lipinski definition) is 2. The number of thiophene rings is 1. The van der Waals surface area contributed by atoms with Crippen molar-refractivity contribution in [1.29, 1.82) is 0 Å². The van der Waals surface area contributed by atoms with Crippen LogP contribution in [0.25, 0.3) is 27.5 Å². The van der Waals surface area contributed by atoms with E-state index in [9.17, 15) is 4.79 Å². The molecule has 0 aliphatic rings. The molecule has 0 amide bonds. The molecule has 0 bridgehead atoms. The van der Waals surface area contributed by atoms with E-state index in [0.717, 1.165) is 41.3 Å². The average Bonchev–Trinajstić information content (AvgIpc) is 3.69. The number of rotatable bonds is 11. The van der Waals surface area contributed by atoms with Gasteiger partial charge in [0.05, 0.1) is 39.9 Å². The molecule has 37 heavy (non-hydrogen) atoms. The Kier molecular flexibility index (Phi) is 7.38. The largest absolute Gasteiger partial charge is 0.338 e. The van der Waals surface area contributed by atoms with E-state index in [4.69, 9.17) is 9.97 Å². The SMILES string of the molecule is CCN(CC)[C@@H](C)CCC(=O)c1cc(Nc2cn[nH]c2)nc(-c2cnn3ccc(-c4cccs4)nc23)c1. The molecule has 0 fully saturated rings. The van der Waals surface area contributed by atoms with Crippen LogP contribution in [0.15, 0.2) is 60.5 Å². The van der Waals surface area contributed by atoms with Gasteiger partial charge in [-0.2, -0.15) is 10.2 Å². The lowest BCUT2D eigenvalue weighted by Gasteiger charge is -2.26. The first-order chi connectivity index (χ1) is 18.1. The molecule has 0 radical (unpaired) electrons.